The van der Waals surface area contributed by atoms with Gasteiger partial charge in [0.05, 0.1) is 12.1 Å². The molecule has 0 saturated heterocycles. The molecule has 0 saturated carbocycles. The molecule has 0 atom stereocenters. The van der Waals surface area contributed by atoms with Crippen LogP contribution in [0.15, 0.2) is 54.6 Å². The third-order valence-corrected chi connectivity index (χ3v) is 4.12. The van der Waals surface area contributed by atoms with Crippen LogP contribution in [0.3, 0.4) is 0 Å². The summed E-state index contributed by atoms with van der Waals surface area (Å²) in [5, 5.41) is 5.86. The molecule has 3 aromatic carbocycles. The second-order valence-electron chi connectivity index (χ2n) is 5.32. The lowest BCUT2D eigenvalue weighted by Gasteiger charge is -2.13. The van der Waals surface area contributed by atoms with Gasteiger partial charge in [-0.1, -0.05) is 48.0 Å². The highest BCUT2D eigenvalue weighted by atomic mass is 35.5. The Balaban J connectivity index is 1.79. The van der Waals surface area contributed by atoms with Crippen LogP contribution in [0.1, 0.15) is 11.1 Å². The number of benzene rings is 3. The van der Waals surface area contributed by atoms with Gasteiger partial charge in [-0.3, -0.25) is 0 Å². The molecule has 0 spiro atoms. The van der Waals surface area contributed by atoms with Crippen molar-refractivity contribution in [1.29, 1.82) is 0 Å². The lowest BCUT2D eigenvalue weighted by molar-refractivity contribution is 0.408. The molecule has 0 bridgehead atoms. The van der Waals surface area contributed by atoms with Gasteiger partial charge in [-0.15, -0.1) is 0 Å². The first kappa shape index (κ1) is 15.8. The molecule has 1 N–H and O–H groups in total. The van der Waals surface area contributed by atoms with Crippen molar-refractivity contribution in [3.63, 3.8) is 0 Å². The van der Waals surface area contributed by atoms with E-state index in [1.165, 1.54) is 11.5 Å². The van der Waals surface area contributed by atoms with E-state index in [0.717, 1.165) is 22.3 Å². The van der Waals surface area contributed by atoms with Crippen molar-refractivity contribution in [2.24, 2.45) is 0 Å². The minimum absolute atomic E-state index is 0.145. The highest BCUT2D eigenvalue weighted by molar-refractivity contribution is 6.30. The molecular weight excluding hydrogens is 313 g/mol. The highest BCUT2D eigenvalue weighted by Gasteiger charge is 2.08. The van der Waals surface area contributed by atoms with Gasteiger partial charge < -0.3 is 10.1 Å². The molecule has 118 valence electrons. The summed E-state index contributed by atoms with van der Waals surface area (Å²) >= 11 is 5.81. The fourth-order valence-corrected chi connectivity index (χ4v) is 2.87. The summed E-state index contributed by atoms with van der Waals surface area (Å²) in [5.41, 5.74) is 2.05. The lowest BCUT2D eigenvalue weighted by atomic mass is 10.0. The highest BCUT2D eigenvalue weighted by Crippen LogP contribution is 2.28. The molecule has 0 aliphatic carbocycles. The van der Waals surface area contributed by atoms with Crippen LogP contribution in [0.2, 0.25) is 5.02 Å². The summed E-state index contributed by atoms with van der Waals surface area (Å²) in [5.74, 6) is 0.458. The van der Waals surface area contributed by atoms with Gasteiger partial charge in [-0.05, 0) is 34.5 Å². The Morgan fingerprint density at radius 1 is 1.04 bits per heavy atom. The zero-order chi connectivity index (χ0) is 16.2. The molecule has 0 amide bonds. The maximum Gasteiger partial charge on any atom is 0.141 e. The Hall–Kier alpha value is -2.10. The Bertz CT molecular complexity index is 835. The average Bonchev–Trinajstić information content (AvgIpc) is 2.58. The van der Waals surface area contributed by atoms with Crippen molar-refractivity contribution in [3.8, 4) is 5.75 Å². The average molecular weight is 330 g/mol. The number of fused-ring (bicyclic) bond motifs is 1. The van der Waals surface area contributed by atoms with E-state index in [9.17, 15) is 4.39 Å². The van der Waals surface area contributed by atoms with Gasteiger partial charge in [-0.25, -0.2) is 4.39 Å². The van der Waals surface area contributed by atoms with Crippen LogP contribution in [0, 0.1) is 5.82 Å². The van der Waals surface area contributed by atoms with Gasteiger partial charge in [0.1, 0.15) is 11.6 Å². The molecule has 3 rings (SSSR count). The molecule has 0 unspecified atom stereocenters. The zero-order valence-corrected chi connectivity index (χ0v) is 13.5. The Morgan fingerprint density at radius 3 is 2.65 bits per heavy atom. The van der Waals surface area contributed by atoms with Gasteiger partial charge in [0.2, 0.25) is 0 Å². The molecule has 23 heavy (non-hydrogen) atoms. The van der Waals surface area contributed by atoms with E-state index >= 15 is 0 Å². The first-order chi connectivity index (χ1) is 11.2. The number of halogens is 2. The van der Waals surface area contributed by atoms with E-state index < -0.39 is 5.82 Å². The smallest absolute Gasteiger partial charge is 0.141 e. The molecular formula is C19H17ClFNO. The number of methoxy groups -OCH3 is 1. The van der Waals surface area contributed by atoms with Crippen LogP contribution in [-0.2, 0) is 13.1 Å². The van der Waals surface area contributed by atoms with Crippen LogP contribution in [0.25, 0.3) is 10.8 Å². The topological polar surface area (TPSA) is 21.3 Å². The molecule has 2 nitrogen and oxygen atoms in total. The Labute approximate surface area is 139 Å². The molecule has 0 radical (unpaired) electrons. The minimum atomic E-state index is -0.397. The quantitative estimate of drug-likeness (QED) is 0.716. The first-order valence-electron chi connectivity index (χ1n) is 7.38. The van der Waals surface area contributed by atoms with Crippen LogP contribution in [-0.4, -0.2) is 7.11 Å². The largest absolute Gasteiger partial charge is 0.496 e. The third-order valence-electron chi connectivity index (χ3n) is 3.83. The van der Waals surface area contributed by atoms with Crippen molar-refractivity contribution in [3.05, 3.63) is 76.6 Å². The van der Waals surface area contributed by atoms with Crippen LogP contribution in [0.4, 0.5) is 4.39 Å². The van der Waals surface area contributed by atoms with Crippen molar-refractivity contribution in [2.75, 3.05) is 7.11 Å². The number of rotatable bonds is 5. The van der Waals surface area contributed by atoms with Crippen LogP contribution < -0.4 is 10.1 Å². The van der Waals surface area contributed by atoms with Crippen molar-refractivity contribution >= 4 is 22.4 Å². The van der Waals surface area contributed by atoms with Gasteiger partial charge >= 0.3 is 0 Å². The van der Waals surface area contributed by atoms with E-state index in [4.69, 9.17) is 16.3 Å². The van der Waals surface area contributed by atoms with E-state index in [-0.39, 0.29) is 5.02 Å². The molecule has 3 aromatic rings. The molecule has 4 heteroatoms. The predicted octanol–water partition coefficient (Wildman–Crippen LogP) is 4.93. The standard InChI is InChI=1S/C19H17ClFNO/c1-23-19-9-7-14-4-2-3-5-15(14)16(19)12-22-11-13-6-8-18(21)17(20)10-13/h2-10,22H,11-12H2,1H3. The molecule has 0 aromatic heterocycles. The summed E-state index contributed by atoms with van der Waals surface area (Å²) in [7, 11) is 1.67. The zero-order valence-electron chi connectivity index (χ0n) is 12.8. The summed E-state index contributed by atoms with van der Waals surface area (Å²) in [4.78, 5) is 0. The van der Waals surface area contributed by atoms with Crippen molar-refractivity contribution in [1.82, 2.24) is 5.32 Å². The van der Waals surface area contributed by atoms with E-state index in [1.807, 2.05) is 18.2 Å². The number of nitrogens with one attached hydrogen (secondary N) is 1. The third kappa shape index (κ3) is 3.46. The summed E-state index contributed by atoms with van der Waals surface area (Å²) in [6.45, 7) is 1.26. The fourth-order valence-electron chi connectivity index (χ4n) is 2.67. The molecule has 0 heterocycles. The SMILES string of the molecule is COc1ccc2ccccc2c1CNCc1ccc(F)c(Cl)c1. The van der Waals surface area contributed by atoms with Crippen LogP contribution in [0.5, 0.6) is 5.75 Å². The number of ether oxygens (including phenoxy) is 1. The fraction of sp³-hybridized carbons (Fsp3) is 0.158. The second-order valence-corrected chi connectivity index (χ2v) is 5.73. The Kier molecular flexibility index (Phi) is 4.79. The maximum absolute atomic E-state index is 13.2. The van der Waals surface area contributed by atoms with E-state index in [0.29, 0.717) is 13.1 Å². The normalized spacial score (nSPS) is 10.9. The summed E-state index contributed by atoms with van der Waals surface area (Å²) in [6.07, 6.45) is 0. The molecule has 0 aliphatic rings. The summed E-state index contributed by atoms with van der Waals surface area (Å²) < 4.78 is 18.7. The minimum Gasteiger partial charge on any atom is -0.496 e. The first-order valence-corrected chi connectivity index (χ1v) is 7.76. The number of hydrogen-bond acceptors (Lipinski definition) is 2. The summed E-state index contributed by atoms with van der Waals surface area (Å²) in [6, 6.07) is 17.0. The maximum atomic E-state index is 13.2. The van der Waals surface area contributed by atoms with Gasteiger partial charge in [0.25, 0.3) is 0 Å². The van der Waals surface area contributed by atoms with Crippen molar-refractivity contribution in [2.45, 2.75) is 13.1 Å². The van der Waals surface area contributed by atoms with Gasteiger partial charge in [0.15, 0.2) is 0 Å². The van der Waals surface area contributed by atoms with Gasteiger partial charge in [0, 0.05) is 18.7 Å². The monoisotopic (exact) mass is 329 g/mol. The second kappa shape index (κ2) is 6.99. The van der Waals surface area contributed by atoms with Crippen molar-refractivity contribution < 1.29 is 9.13 Å². The van der Waals surface area contributed by atoms with Crippen LogP contribution >= 0.6 is 11.6 Å². The molecule has 0 aliphatic heterocycles. The van der Waals surface area contributed by atoms with E-state index in [1.54, 1.807) is 19.2 Å². The van der Waals surface area contributed by atoms with E-state index in [2.05, 4.69) is 23.5 Å². The number of hydrogen-bond donors (Lipinski definition) is 1. The lowest BCUT2D eigenvalue weighted by Crippen LogP contribution is -2.13. The van der Waals surface area contributed by atoms with Gasteiger partial charge in [-0.2, -0.15) is 0 Å². The predicted molar refractivity (Wildman–Crippen MR) is 92.5 cm³/mol. The Morgan fingerprint density at radius 2 is 1.87 bits per heavy atom. The molecule has 0 fully saturated rings.